The van der Waals surface area contributed by atoms with Crippen molar-refractivity contribution in [2.45, 2.75) is 58.0 Å². The first-order valence-corrected chi connectivity index (χ1v) is 9.15. The fourth-order valence-electron chi connectivity index (χ4n) is 3.37. The second kappa shape index (κ2) is 8.25. The van der Waals surface area contributed by atoms with E-state index in [1.54, 1.807) is 18.2 Å². The SMILES string of the molecule is C[C@H](Cn1nc2c(cc1=O)CCCCC2)NC(=O)Cc1cccc(F)c1. The summed E-state index contributed by atoms with van der Waals surface area (Å²) in [6.07, 6.45) is 5.28. The fraction of sp³-hybridized carbons (Fsp3) is 0.450. The number of hydrogen-bond donors (Lipinski definition) is 1. The van der Waals surface area contributed by atoms with Crippen LogP contribution in [0.15, 0.2) is 35.1 Å². The van der Waals surface area contributed by atoms with E-state index in [0.29, 0.717) is 12.1 Å². The standard InChI is InChI=1S/C20H24FN3O2/c1-14(22-19(25)11-15-6-5-8-17(21)10-15)13-24-20(26)12-16-7-3-2-4-9-18(16)23-24/h5-6,8,10,12,14H,2-4,7,9,11,13H2,1H3,(H,22,25)/t14-/m1/s1. The smallest absolute Gasteiger partial charge is 0.267 e. The van der Waals surface area contributed by atoms with Crippen molar-refractivity contribution in [3.8, 4) is 0 Å². The number of benzene rings is 1. The number of halogens is 1. The summed E-state index contributed by atoms with van der Waals surface area (Å²) >= 11 is 0. The van der Waals surface area contributed by atoms with Crippen molar-refractivity contribution in [1.29, 1.82) is 0 Å². The van der Waals surface area contributed by atoms with E-state index < -0.39 is 0 Å². The Bertz CT molecular complexity index is 847. The van der Waals surface area contributed by atoms with Crippen molar-refractivity contribution in [2.75, 3.05) is 0 Å². The van der Waals surface area contributed by atoms with Gasteiger partial charge in [-0.05, 0) is 55.9 Å². The molecule has 2 aromatic rings. The molecule has 1 amide bonds. The lowest BCUT2D eigenvalue weighted by molar-refractivity contribution is -0.121. The van der Waals surface area contributed by atoms with Crippen LogP contribution in [0.3, 0.4) is 0 Å². The first-order chi connectivity index (χ1) is 12.5. The van der Waals surface area contributed by atoms with E-state index in [1.807, 2.05) is 6.92 Å². The van der Waals surface area contributed by atoms with Crippen molar-refractivity contribution in [1.82, 2.24) is 15.1 Å². The molecule has 1 aliphatic rings. The molecule has 0 unspecified atom stereocenters. The van der Waals surface area contributed by atoms with E-state index in [9.17, 15) is 14.0 Å². The predicted molar refractivity (Wildman–Crippen MR) is 97.5 cm³/mol. The summed E-state index contributed by atoms with van der Waals surface area (Å²) in [5.41, 5.74) is 2.55. The van der Waals surface area contributed by atoms with Gasteiger partial charge in [0.15, 0.2) is 0 Å². The zero-order valence-corrected chi connectivity index (χ0v) is 15.0. The van der Waals surface area contributed by atoms with Crippen LogP contribution in [0.25, 0.3) is 0 Å². The number of nitrogens with zero attached hydrogens (tertiary/aromatic N) is 2. The van der Waals surface area contributed by atoms with Crippen LogP contribution in [-0.4, -0.2) is 21.7 Å². The largest absolute Gasteiger partial charge is 0.351 e. The highest BCUT2D eigenvalue weighted by Crippen LogP contribution is 2.16. The van der Waals surface area contributed by atoms with Gasteiger partial charge in [0.05, 0.1) is 18.7 Å². The average Bonchev–Trinajstić information content (AvgIpc) is 2.80. The van der Waals surface area contributed by atoms with Gasteiger partial charge in [-0.15, -0.1) is 0 Å². The first-order valence-electron chi connectivity index (χ1n) is 9.15. The second-order valence-corrected chi connectivity index (χ2v) is 6.97. The van der Waals surface area contributed by atoms with Crippen LogP contribution in [0, 0.1) is 5.82 Å². The van der Waals surface area contributed by atoms with Crippen molar-refractivity contribution in [2.24, 2.45) is 0 Å². The summed E-state index contributed by atoms with van der Waals surface area (Å²) in [7, 11) is 0. The van der Waals surface area contributed by atoms with Gasteiger partial charge < -0.3 is 5.32 Å². The van der Waals surface area contributed by atoms with Crippen molar-refractivity contribution in [3.05, 3.63) is 63.3 Å². The number of carbonyl (C=O) groups is 1. The van der Waals surface area contributed by atoms with Crippen LogP contribution in [0.4, 0.5) is 4.39 Å². The van der Waals surface area contributed by atoms with E-state index in [4.69, 9.17) is 0 Å². The second-order valence-electron chi connectivity index (χ2n) is 6.97. The van der Waals surface area contributed by atoms with Crippen LogP contribution < -0.4 is 10.9 Å². The highest BCUT2D eigenvalue weighted by Gasteiger charge is 2.15. The molecule has 0 fully saturated rings. The molecule has 0 bridgehead atoms. The van der Waals surface area contributed by atoms with Gasteiger partial charge in [0.2, 0.25) is 5.91 Å². The minimum absolute atomic E-state index is 0.106. The van der Waals surface area contributed by atoms with Crippen LogP contribution >= 0.6 is 0 Å². The predicted octanol–water partition coefficient (Wildman–Crippen LogP) is 2.40. The van der Waals surface area contributed by atoms with Gasteiger partial charge in [-0.25, -0.2) is 9.07 Å². The third-order valence-corrected chi connectivity index (χ3v) is 4.63. The van der Waals surface area contributed by atoms with E-state index >= 15 is 0 Å². The van der Waals surface area contributed by atoms with Gasteiger partial charge in [0, 0.05) is 12.1 Å². The molecule has 138 valence electrons. The van der Waals surface area contributed by atoms with Gasteiger partial charge in [0.1, 0.15) is 5.82 Å². The molecule has 1 N–H and O–H groups in total. The number of amides is 1. The van der Waals surface area contributed by atoms with Gasteiger partial charge >= 0.3 is 0 Å². The van der Waals surface area contributed by atoms with Crippen LogP contribution in [0.5, 0.6) is 0 Å². The lowest BCUT2D eigenvalue weighted by atomic mass is 10.1. The quantitative estimate of drug-likeness (QED) is 0.836. The summed E-state index contributed by atoms with van der Waals surface area (Å²) in [4.78, 5) is 24.4. The molecular formula is C20H24FN3O2. The molecule has 3 rings (SSSR count). The van der Waals surface area contributed by atoms with Crippen molar-refractivity contribution >= 4 is 5.91 Å². The maximum Gasteiger partial charge on any atom is 0.267 e. The molecule has 1 heterocycles. The number of aromatic nitrogens is 2. The molecule has 1 aliphatic carbocycles. The summed E-state index contributed by atoms with van der Waals surface area (Å²) < 4.78 is 14.6. The van der Waals surface area contributed by atoms with E-state index in [1.165, 1.54) is 16.8 Å². The molecule has 1 atom stereocenters. The van der Waals surface area contributed by atoms with Crippen molar-refractivity contribution in [3.63, 3.8) is 0 Å². The molecule has 6 heteroatoms. The maximum atomic E-state index is 13.2. The monoisotopic (exact) mass is 357 g/mol. The molecule has 1 aromatic carbocycles. The third-order valence-electron chi connectivity index (χ3n) is 4.63. The Morgan fingerprint density at radius 2 is 2.08 bits per heavy atom. The average molecular weight is 357 g/mol. The Morgan fingerprint density at radius 3 is 2.88 bits per heavy atom. The first kappa shape index (κ1) is 18.3. The minimum atomic E-state index is -0.357. The molecule has 1 aromatic heterocycles. The van der Waals surface area contributed by atoms with E-state index in [0.717, 1.165) is 43.4 Å². The zero-order valence-electron chi connectivity index (χ0n) is 15.0. The number of carbonyl (C=O) groups excluding carboxylic acids is 1. The Balaban J connectivity index is 1.62. The number of hydrogen-bond acceptors (Lipinski definition) is 3. The highest BCUT2D eigenvalue weighted by atomic mass is 19.1. The third kappa shape index (κ3) is 4.77. The van der Waals surface area contributed by atoms with Gasteiger partial charge in [-0.3, -0.25) is 9.59 Å². The van der Waals surface area contributed by atoms with Crippen LogP contribution in [-0.2, 0) is 30.6 Å². The van der Waals surface area contributed by atoms with Gasteiger partial charge in [-0.1, -0.05) is 18.6 Å². The molecule has 0 aliphatic heterocycles. The minimum Gasteiger partial charge on any atom is -0.351 e. The summed E-state index contributed by atoms with van der Waals surface area (Å²) in [6.45, 7) is 2.16. The van der Waals surface area contributed by atoms with Crippen molar-refractivity contribution < 1.29 is 9.18 Å². The molecule has 0 saturated heterocycles. The molecular weight excluding hydrogens is 333 g/mol. The number of nitrogens with one attached hydrogen (secondary N) is 1. The van der Waals surface area contributed by atoms with E-state index in [2.05, 4.69) is 10.4 Å². The Kier molecular flexibility index (Phi) is 5.81. The van der Waals surface area contributed by atoms with Gasteiger partial charge in [0.25, 0.3) is 5.56 Å². The summed E-state index contributed by atoms with van der Waals surface area (Å²) in [5.74, 6) is -0.560. The zero-order chi connectivity index (χ0) is 18.5. The maximum absolute atomic E-state index is 13.2. The summed E-state index contributed by atoms with van der Waals surface area (Å²) in [5, 5.41) is 7.37. The number of aryl methyl sites for hydroxylation is 2. The lowest BCUT2D eigenvalue weighted by Gasteiger charge is -2.16. The molecule has 26 heavy (non-hydrogen) atoms. The highest BCUT2D eigenvalue weighted by molar-refractivity contribution is 5.78. The molecule has 5 nitrogen and oxygen atoms in total. The topological polar surface area (TPSA) is 64.0 Å². The normalized spacial score (nSPS) is 15.0. The summed E-state index contributed by atoms with van der Waals surface area (Å²) in [6, 6.07) is 7.44. The van der Waals surface area contributed by atoms with Crippen LogP contribution in [0.2, 0.25) is 0 Å². The molecule has 0 radical (unpaired) electrons. The van der Waals surface area contributed by atoms with Crippen LogP contribution in [0.1, 0.15) is 43.0 Å². The Hall–Kier alpha value is -2.50. The van der Waals surface area contributed by atoms with Gasteiger partial charge in [-0.2, -0.15) is 5.10 Å². The molecule has 0 spiro atoms. The van der Waals surface area contributed by atoms with E-state index in [-0.39, 0.29) is 29.7 Å². The Labute approximate surface area is 152 Å². The lowest BCUT2D eigenvalue weighted by Crippen LogP contribution is -2.40. The molecule has 0 saturated carbocycles. The fourth-order valence-corrected chi connectivity index (χ4v) is 3.37. The number of rotatable bonds is 5. The number of fused-ring (bicyclic) bond motifs is 1. The Morgan fingerprint density at radius 1 is 1.27 bits per heavy atom.